The van der Waals surface area contributed by atoms with Gasteiger partial charge >= 0.3 is 0 Å². The van der Waals surface area contributed by atoms with Crippen LogP contribution in [0.4, 0.5) is 15.8 Å². The Bertz CT molecular complexity index is 1160. The van der Waals surface area contributed by atoms with Crippen molar-refractivity contribution in [3.05, 3.63) is 65.0 Å². The van der Waals surface area contributed by atoms with Gasteiger partial charge in [-0.15, -0.1) is 0 Å². The highest BCUT2D eigenvalue weighted by Gasteiger charge is 2.37. The smallest absolute Gasteiger partial charge is 0.270 e. The highest BCUT2D eigenvalue weighted by atomic mass is 32.1. The number of anilines is 2. The van der Waals surface area contributed by atoms with E-state index < -0.39 is 17.6 Å². The Morgan fingerprint density at radius 1 is 1.21 bits per heavy atom. The normalized spacial score (nSPS) is 21.3. The number of hydrogen-bond donors (Lipinski definition) is 1. The first kappa shape index (κ1) is 23.1. The summed E-state index contributed by atoms with van der Waals surface area (Å²) in [5.41, 5.74) is 2.42. The van der Waals surface area contributed by atoms with Crippen molar-refractivity contribution in [2.24, 2.45) is 0 Å². The molecule has 1 atom stereocenters. The molecule has 2 amide bonds. The summed E-state index contributed by atoms with van der Waals surface area (Å²) in [4.78, 5) is 29.4. The lowest BCUT2D eigenvalue weighted by atomic mass is 9.79. The molecular weight excluding hydrogens is 437 g/mol. The lowest BCUT2D eigenvalue weighted by Gasteiger charge is -2.47. The Hall–Kier alpha value is -3.06. The summed E-state index contributed by atoms with van der Waals surface area (Å²) in [7, 11) is 0. The highest BCUT2D eigenvalue weighted by molar-refractivity contribution is 7.80. The first-order chi connectivity index (χ1) is 15.6. The summed E-state index contributed by atoms with van der Waals surface area (Å²) < 4.78 is 15.3. The average molecular weight is 466 g/mol. The van der Waals surface area contributed by atoms with Gasteiger partial charge in [-0.05, 0) is 80.7 Å². The van der Waals surface area contributed by atoms with E-state index in [0.717, 1.165) is 30.6 Å². The van der Waals surface area contributed by atoms with Gasteiger partial charge in [0, 0.05) is 23.3 Å². The Kier molecular flexibility index (Phi) is 6.10. The third-order valence-corrected chi connectivity index (χ3v) is 6.65. The molecule has 1 saturated heterocycles. The maximum atomic E-state index is 15.3. The zero-order valence-corrected chi connectivity index (χ0v) is 20.1. The summed E-state index contributed by atoms with van der Waals surface area (Å²) in [6.45, 7) is 9.44. The van der Waals surface area contributed by atoms with Crippen molar-refractivity contribution in [3.63, 3.8) is 0 Å². The van der Waals surface area contributed by atoms with Crippen LogP contribution in [-0.2, 0) is 9.59 Å². The Morgan fingerprint density at radius 3 is 2.58 bits per heavy atom. The Morgan fingerprint density at radius 2 is 1.91 bits per heavy atom. The number of rotatable bonds is 4. The SMILES string of the molecule is CCCN1c2cc(F)c(/C=C3/C(=O)NC(=S)N(c4ccccc4)C3=O)cc2C(C)CC1(C)C. The van der Waals surface area contributed by atoms with E-state index in [2.05, 4.69) is 37.9 Å². The van der Waals surface area contributed by atoms with E-state index in [0.29, 0.717) is 5.69 Å². The number of nitrogens with zero attached hydrogens (tertiary/aromatic N) is 2. The molecule has 5 nitrogen and oxygen atoms in total. The van der Waals surface area contributed by atoms with E-state index in [1.165, 1.54) is 11.0 Å². The van der Waals surface area contributed by atoms with Crippen molar-refractivity contribution in [2.75, 3.05) is 16.3 Å². The summed E-state index contributed by atoms with van der Waals surface area (Å²) >= 11 is 5.23. The minimum Gasteiger partial charge on any atom is -0.366 e. The lowest BCUT2D eigenvalue weighted by molar-refractivity contribution is -0.122. The highest BCUT2D eigenvalue weighted by Crippen LogP contribution is 2.44. The minimum absolute atomic E-state index is 0.00493. The molecule has 0 aliphatic carbocycles. The van der Waals surface area contributed by atoms with Gasteiger partial charge in [0.15, 0.2) is 5.11 Å². The van der Waals surface area contributed by atoms with E-state index in [1.807, 2.05) is 6.07 Å². The number of para-hydroxylation sites is 1. The molecule has 2 aromatic rings. The van der Waals surface area contributed by atoms with Crippen molar-refractivity contribution >= 4 is 46.6 Å². The molecule has 33 heavy (non-hydrogen) atoms. The van der Waals surface area contributed by atoms with Crippen LogP contribution in [0.1, 0.15) is 57.6 Å². The predicted octanol–water partition coefficient (Wildman–Crippen LogP) is 5.16. The van der Waals surface area contributed by atoms with Crippen LogP contribution >= 0.6 is 12.2 Å². The van der Waals surface area contributed by atoms with E-state index >= 15 is 4.39 Å². The number of nitrogens with one attached hydrogen (secondary N) is 1. The molecular formula is C26H28FN3O2S. The quantitative estimate of drug-likeness (QED) is 0.385. The molecule has 1 fully saturated rings. The molecule has 7 heteroatoms. The molecule has 0 saturated carbocycles. The second kappa shape index (κ2) is 8.71. The molecule has 1 unspecified atom stereocenters. The largest absolute Gasteiger partial charge is 0.366 e. The number of hydrogen-bond acceptors (Lipinski definition) is 4. The molecule has 4 rings (SSSR count). The fourth-order valence-corrected chi connectivity index (χ4v) is 5.18. The molecule has 2 aliphatic rings. The van der Waals surface area contributed by atoms with Crippen LogP contribution in [-0.4, -0.2) is 29.0 Å². The fourth-order valence-electron chi connectivity index (χ4n) is 4.90. The fraction of sp³-hybridized carbons (Fsp3) is 0.346. The van der Waals surface area contributed by atoms with Gasteiger partial charge in [0.1, 0.15) is 11.4 Å². The van der Waals surface area contributed by atoms with Gasteiger partial charge < -0.3 is 4.90 Å². The number of halogens is 1. The first-order valence-corrected chi connectivity index (χ1v) is 11.6. The topological polar surface area (TPSA) is 52.7 Å². The number of fused-ring (bicyclic) bond motifs is 1. The Balaban J connectivity index is 1.78. The maximum Gasteiger partial charge on any atom is 0.270 e. The third-order valence-electron chi connectivity index (χ3n) is 6.37. The lowest BCUT2D eigenvalue weighted by Crippen LogP contribution is -2.54. The van der Waals surface area contributed by atoms with Gasteiger partial charge in [0.2, 0.25) is 0 Å². The van der Waals surface area contributed by atoms with Crippen LogP contribution in [0.25, 0.3) is 6.08 Å². The molecule has 0 spiro atoms. The first-order valence-electron chi connectivity index (χ1n) is 11.2. The zero-order chi connectivity index (χ0) is 23.9. The van der Waals surface area contributed by atoms with Crippen LogP contribution in [0.3, 0.4) is 0 Å². The monoisotopic (exact) mass is 465 g/mol. The van der Waals surface area contributed by atoms with E-state index in [9.17, 15) is 9.59 Å². The summed E-state index contributed by atoms with van der Waals surface area (Å²) in [6.07, 6.45) is 3.22. The molecule has 0 bridgehead atoms. The van der Waals surface area contributed by atoms with E-state index in [1.54, 1.807) is 36.4 Å². The van der Waals surface area contributed by atoms with Crippen LogP contribution < -0.4 is 15.1 Å². The van der Waals surface area contributed by atoms with Gasteiger partial charge in [0.25, 0.3) is 11.8 Å². The molecule has 1 N–H and O–H groups in total. The molecule has 0 radical (unpaired) electrons. The van der Waals surface area contributed by atoms with Gasteiger partial charge in [-0.25, -0.2) is 4.39 Å². The van der Waals surface area contributed by atoms with Crippen LogP contribution in [0.5, 0.6) is 0 Å². The van der Waals surface area contributed by atoms with Crippen LogP contribution in [0, 0.1) is 5.82 Å². The van der Waals surface area contributed by atoms with Crippen molar-refractivity contribution in [1.29, 1.82) is 0 Å². The summed E-state index contributed by atoms with van der Waals surface area (Å²) in [6, 6.07) is 12.1. The van der Waals surface area contributed by atoms with Gasteiger partial charge in [0.05, 0.1) is 5.69 Å². The third kappa shape index (κ3) is 4.17. The maximum absolute atomic E-state index is 15.3. The zero-order valence-electron chi connectivity index (χ0n) is 19.3. The second-order valence-corrected chi connectivity index (χ2v) is 9.68. The molecule has 0 aromatic heterocycles. The average Bonchev–Trinajstić information content (AvgIpc) is 2.75. The predicted molar refractivity (Wildman–Crippen MR) is 134 cm³/mol. The van der Waals surface area contributed by atoms with E-state index in [4.69, 9.17) is 12.2 Å². The van der Waals surface area contributed by atoms with Gasteiger partial charge in [-0.1, -0.05) is 32.0 Å². The van der Waals surface area contributed by atoms with Gasteiger partial charge in [-0.3, -0.25) is 19.8 Å². The van der Waals surface area contributed by atoms with E-state index in [-0.39, 0.29) is 27.7 Å². The standard InChI is InChI=1S/C26H28FN3O2S/c1-5-11-29-22-14-21(27)17(12-19(22)16(2)15-26(29,3)4)13-20-23(31)28-25(33)30(24(20)32)18-9-7-6-8-10-18/h6-10,12-14,16H,5,11,15H2,1-4H3,(H,28,31,33)/b20-13-. The van der Waals surface area contributed by atoms with Crippen molar-refractivity contribution in [2.45, 2.75) is 52.0 Å². The second-order valence-electron chi connectivity index (χ2n) is 9.30. The van der Waals surface area contributed by atoms with Crippen molar-refractivity contribution in [1.82, 2.24) is 5.32 Å². The van der Waals surface area contributed by atoms with Crippen LogP contribution in [0.2, 0.25) is 0 Å². The molecule has 2 aliphatic heterocycles. The number of carbonyl (C=O) groups excluding carboxylic acids is 2. The molecule has 2 heterocycles. The summed E-state index contributed by atoms with van der Waals surface area (Å²) in [5.74, 6) is -1.46. The number of carbonyl (C=O) groups is 2. The van der Waals surface area contributed by atoms with Crippen LogP contribution in [0.15, 0.2) is 48.0 Å². The number of thiocarbonyl (C=S) groups is 1. The van der Waals surface area contributed by atoms with Gasteiger partial charge in [-0.2, -0.15) is 0 Å². The number of amides is 2. The Labute approximate surface area is 199 Å². The summed E-state index contributed by atoms with van der Waals surface area (Å²) in [5, 5.41) is 2.56. The number of benzene rings is 2. The molecule has 172 valence electrons. The molecule has 2 aromatic carbocycles. The van der Waals surface area contributed by atoms with Crippen molar-refractivity contribution < 1.29 is 14.0 Å². The van der Waals surface area contributed by atoms with Crippen molar-refractivity contribution in [3.8, 4) is 0 Å². The minimum atomic E-state index is -0.629.